The first-order valence-corrected chi connectivity index (χ1v) is 14.9. The first-order valence-electron chi connectivity index (χ1n) is 14.9. The number of hydrogen-bond acceptors (Lipinski definition) is 6. The van der Waals surface area contributed by atoms with Gasteiger partial charge in [-0.05, 0) is 93.5 Å². The molecule has 10 atom stereocenters. The van der Waals surface area contributed by atoms with Gasteiger partial charge in [-0.1, -0.05) is 13.8 Å². The maximum atomic E-state index is 11.7. The van der Waals surface area contributed by atoms with Gasteiger partial charge in [-0.15, -0.1) is 0 Å². The Hall–Kier alpha value is -0.240. The summed E-state index contributed by atoms with van der Waals surface area (Å²) in [6.45, 7) is 14.0. The lowest BCUT2D eigenvalue weighted by molar-refractivity contribution is -0.155. The Morgan fingerprint density at radius 1 is 0.657 bits per heavy atom. The molecular formula is C29H52N4O2. The van der Waals surface area contributed by atoms with Crippen LogP contribution in [0.25, 0.3) is 0 Å². The van der Waals surface area contributed by atoms with Crippen LogP contribution in [0.15, 0.2) is 0 Å². The van der Waals surface area contributed by atoms with Crippen molar-refractivity contribution in [1.29, 1.82) is 0 Å². The summed E-state index contributed by atoms with van der Waals surface area (Å²) in [5.41, 5.74) is 0.428. The van der Waals surface area contributed by atoms with Gasteiger partial charge in [-0.25, -0.2) is 0 Å². The summed E-state index contributed by atoms with van der Waals surface area (Å²) in [7, 11) is 4.45. The van der Waals surface area contributed by atoms with E-state index in [-0.39, 0.29) is 17.6 Å². The molecule has 0 bridgehead atoms. The molecule has 0 spiro atoms. The Kier molecular flexibility index (Phi) is 6.59. The molecule has 0 radical (unpaired) electrons. The zero-order valence-electron chi connectivity index (χ0n) is 22.9. The van der Waals surface area contributed by atoms with Crippen molar-refractivity contribution in [2.45, 2.75) is 83.1 Å². The third-order valence-electron chi connectivity index (χ3n) is 12.7. The van der Waals surface area contributed by atoms with Crippen LogP contribution < -0.4 is 0 Å². The lowest BCUT2D eigenvalue weighted by Crippen LogP contribution is -2.61. The van der Waals surface area contributed by atoms with Gasteiger partial charge in [-0.2, -0.15) is 0 Å². The second-order valence-corrected chi connectivity index (χ2v) is 14.2. The number of hydrogen-bond donors (Lipinski definition) is 2. The minimum atomic E-state index is -0.173. The Morgan fingerprint density at radius 3 is 1.89 bits per heavy atom. The number of nitrogens with zero attached hydrogens (tertiary/aromatic N) is 4. The molecule has 2 heterocycles. The van der Waals surface area contributed by atoms with Crippen LogP contribution in [0.3, 0.4) is 0 Å². The monoisotopic (exact) mass is 488 g/mol. The number of rotatable bonds is 2. The number of fused-ring (bicyclic) bond motifs is 5. The van der Waals surface area contributed by atoms with Gasteiger partial charge in [0, 0.05) is 64.4 Å². The Balaban J connectivity index is 1.21. The van der Waals surface area contributed by atoms with Crippen LogP contribution in [0.4, 0.5) is 0 Å². The minimum Gasteiger partial charge on any atom is -0.391 e. The number of aliphatic hydroxyl groups is 2. The van der Waals surface area contributed by atoms with Gasteiger partial charge in [0.05, 0.1) is 12.2 Å². The van der Waals surface area contributed by atoms with Gasteiger partial charge >= 0.3 is 0 Å². The molecule has 0 amide bonds. The highest BCUT2D eigenvalue weighted by Crippen LogP contribution is 2.66. The van der Waals surface area contributed by atoms with Crippen molar-refractivity contribution in [2.75, 3.05) is 66.5 Å². The van der Waals surface area contributed by atoms with E-state index in [0.717, 1.165) is 70.6 Å². The molecule has 0 aromatic carbocycles. The zero-order chi connectivity index (χ0) is 24.5. The summed E-state index contributed by atoms with van der Waals surface area (Å²) in [5, 5.41) is 23.0. The maximum absolute atomic E-state index is 11.7. The minimum absolute atomic E-state index is 0.0867. The Labute approximate surface area is 214 Å². The third-order valence-corrected chi connectivity index (χ3v) is 12.7. The van der Waals surface area contributed by atoms with E-state index in [1.807, 2.05) is 0 Å². The quantitative estimate of drug-likeness (QED) is 0.622. The van der Waals surface area contributed by atoms with Gasteiger partial charge < -0.3 is 20.0 Å². The molecule has 0 unspecified atom stereocenters. The fourth-order valence-corrected chi connectivity index (χ4v) is 10.3. The highest BCUT2D eigenvalue weighted by molar-refractivity contribution is 5.14. The Morgan fingerprint density at radius 2 is 1.26 bits per heavy atom. The molecule has 6 aliphatic rings. The lowest BCUT2D eigenvalue weighted by atomic mass is 9.44. The largest absolute Gasteiger partial charge is 0.391 e. The summed E-state index contributed by atoms with van der Waals surface area (Å²) in [6.07, 6.45) is 8.13. The molecule has 6 fully saturated rings. The first kappa shape index (κ1) is 25.1. The van der Waals surface area contributed by atoms with E-state index < -0.39 is 0 Å². The summed E-state index contributed by atoms with van der Waals surface area (Å²) in [5.74, 6) is 2.85. The van der Waals surface area contributed by atoms with Crippen molar-refractivity contribution in [1.82, 2.24) is 19.6 Å². The summed E-state index contributed by atoms with van der Waals surface area (Å²) in [6, 6.07) is 0.693. The molecule has 35 heavy (non-hydrogen) atoms. The van der Waals surface area contributed by atoms with Crippen molar-refractivity contribution in [2.24, 2.45) is 34.5 Å². The smallest absolute Gasteiger partial charge is 0.0751 e. The number of aliphatic hydroxyl groups excluding tert-OH is 2. The van der Waals surface area contributed by atoms with E-state index in [4.69, 9.17) is 0 Å². The lowest BCUT2D eigenvalue weighted by Gasteiger charge is -2.62. The molecule has 6 heteroatoms. The van der Waals surface area contributed by atoms with Crippen LogP contribution in [0, 0.1) is 34.5 Å². The van der Waals surface area contributed by atoms with Gasteiger partial charge in [0.2, 0.25) is 0 Å². The maximum Gasteiger partial charge on any atom is 0.0751 e. The van der Waals surface area contributed by atoms with E-state index in [0.29, 0.717) is 29.3 Å². The van der Waals surface area contributed by atoms with Crippen LogP contribution in [-0.2, 0) is 0 Å². The van der Waals surface area contributed by atoms with E-state index in [1.54, 1.807) is 0 Å². The van der Waals surface area contributed by atoms with E-state index in [2.05, 4.69) is 47.5 Å². The summed E-state index contributed by atoms with van der Waals surface area (Å²) in [4.78, 5) is 10.1. The standard InChI is InChI=1S/C29H52N4O2/c1-28-8-7-22-21(23(28)18-24(27(28)35)32-13-9-30(3)10-14-32)6-5-20-17-26(34)25(19-29(20,22)2)33-15-11-31(4)12-16-33/h20-27,34-35H,5-19H2,1-4H3/t20-,21+,22-,23-,24-,25+,26+,27+,28-,29-/m0/s1. The summed E-state index contributed by atoms with van der Waals surface area (Å²) < 4.78 is 0. The fourth-order valence-electron chi connectivity index (χ4n) is 10.3. The molecule has 6 nitrogen and oxygen atoms in total. The average molecular weight is 489 g/mol. The predicted octanol–water partition coefficient (Wildman–Crippen LogP) is 2.20. The second kappa shape index (κ2) is 9.20. The highest BCUT2D eigenvalue weighted by Gasteiger charge is 2.63. The van der Waals surface area contributed by atoms with Gasteiger partial charge in [-0.3, -0.25) is 9.80 Å². The van der Waals surface area contributed by atoms with Gasteiger partial charge in [0.15, 0.2) is 0 Å². The van der Waals surface area contributed by atoms with Crippen molar-refractivity contribution in [3.05, 3.63) is 0 Å². The number of likely N-dealkylation sites (N-methyl/N-ethyl adjacent to an activating group) is 2. The summed E-state index contributed by atoms with van der Waals surface area (Å²) >= 11 is 0. The van der Waals surface area contributed by atoms with Crippen LogP contribution in [0.5, 0.6) is 0 Å². The molecule has 0 aromatic rings. The molecule has 0 aromatic heterocycles. The van der Waals surface area contributed by atoms with Crippen molar-refractivity contribution < 1.29 is 10.2 Å². The molecule has 2 aliphatic heterocycles. The first-order chi connectivity index (χ1) is 16.7. The topological polar surface area (TPSA) is 53.4 Å². The zero-order valence-corrected chi connectivity index (χ0v) is 22.9. The molecule has 4 aliphatic carbocycles. The molecule has 4 saturated carbocycles. The van der Waals surface area contributed by atoms with Crippen LogP contribution in [0.1, 0.15) is 58.8 Å². The number of piperazine rings is 2. The van der Waals surface area contributed by atoms with Crippen LogP contribution >= 0.6 is 0 Å². The fraction of sp³-hybridized carbons (Fsp3) is 1.00. The molecular weight excluding hydrogens is 436 g/mol. The van der Waals surface area contributed by atoms with Crippen molar-refractivity contribution in [3.63, 3.8) is 0 Å². The van der Waals surface area contributed by atoms with Crippen molar-refractivity contribution >= 4 is 0 Å². The van der Waals surface area contributed by atoms with E-state index in [1.165, 1.54) is 38.5 Å². The van der Waals surface area contributed by atoms with Gasteiger partial charge in [0.25, 0.3) is 0 Å². The normalized spacial score (nSPS) is 52.6. The SMILES string of the molecule is CN1CCN([C@@H]2C[C@@]3(C)[C@@H](CC[C@@H]4[C@@H]3CC[C@]3(C)[C@H](O)[C@@H](N5CCN(C)CC5)C[C@@H]43)C[C@H]2O)CC1. The van der Waals surface area contributed by atoms with Crippen LogP contribution in [-0.4, -0.2) is 121 Å². The predicted molar refractivity (Wildman–Crippen MR) is 140 cm³/mol. The van der Waals surface area contributed by atoms with Crippen LogP contribution in [0.2, 0.25) is 0 Å². The van der Waals surface area contributed by atoms with Gasteiger partial charge in [0.1, 0.15) is 0 Å². The molecule has 2 saturated heterocycles. The second-order valence-electron chi connectivity index (χ2n) is 14.2. The molecule has 2 N–H and O–H groups in total. The molecule has 200 valence electrons. The van der Waals surface area contributed by atoms with E-state index in [9.17, 15) is 10.2 Å². The van der Waals surface area contributed by atoms with E-state index >= 15 is 0 Å². The third kappa shape index (κ3) is 4.04. The average Bonchev–Trinajstić information content (AvgIpc) is 3.11. The highest BCUT2D eigenvalue weighted by atomic mass is 16.3. The Bertz CT molecular complexity index is 766. The van der Waals surface area contributed by atoms with Crippen molar-refractivity contribution in [3.8, 4) is 0 Å². The molecule has 6 rings (SSSR count).